The van der Waals surface area contributed by atoms with E-state index in [1.54, 1.807) is 0 Å². The Kier molecular flexibility index (Phi) is 4.13. The molecular formula is C16H23BrN2. The van der Waals surface area contributed by atoms with E-state index in [1.807, 2.05) is 0 Å². The lowest BCUT2D eigenvalue weighted by atomic mass is 10.1. The first-order valence-electron chi connectivity index (χ1n) is 7.53. The maximum Gasteiger partial charge on any atom is 0.0425 e. The van der Waals surface area contributed by atoms with Gasteiger partial charge in [-0.15, -0.1) is 0 Å². The van der Waals surface area contributed by atoms with Gasteiger partial charge in [-0.2, -0.15) is 0 Å². The Morgan fingerprint density at radius 3 is 2.95 bits per heavy atom. The molecule has 1 aliphatic heterocycles. The molecule has 1 aliphatic carbocycles. The van der Waals surface area contributed by atoms with Crippen molar-refractivity contribution in [1.29, 1.82) is 0 Å². The molecule has 2 fully saturated rings. The molecule has 1 N–H and O–H groups in total. The third kappa shape index (κ3) is 2.82. The lowest BCUT2D eigenvalue weighted by molar-refractivity contribution is 0.551. The highest BCUT2D eigenvalue weighted by Crippen LogP contribution is 2.41. The van der Waals surface area contributed by atoms with Gasteiger partial charge < -0.3 is 10.2 Å². The number of nitrogens with one attached hydrogen (secondary N) is 1. The van der Waals surface area contributed by atoms with Crippen molar-refractivity contribution in [2.24, 2.45) is 5.92 Å². The second-order valence-corrected chi connectivity index (χ2v) is 6.85. The average molecular weight is 323 g/mol. The van der Waals surface area contributed by atoms with Crippen LogP contribution in [0.25, 0.3) is 0 Å². The molecule has 2 bridgehead atoms. The van der Waals surface area contributed by atoms with Crippen LogP contribution in [0, 0.1) is 5.92 Å². The van der Waals surface area contributed by atoms with E-state index in [0.29, 0.717) is 0 Å². The van der Waals surface area contributed by atoms with E-state index >= 15 is 0 Å². The van der Waals surface area contributed by atoms with Crippen molar-refractivity contribution in [1.82, 2.24) is 5.32 Å². The van der Waals surface area contributed by atoms with Crippen LogP contribution in [0.2, 0.25) is 0 Å². The number of halogens is 1. The Labute approximate surface area is 124 Å². The fraction of sp³-hybridized carbons (Fsp3) is 0.625. The molecule has 0 aromatic heterocycles. The first kappa shape index (κ1) is 13.4. The van der Waals surface area contributed by atoms with Crippen LogP contribution in [0.15, 0.2) is 22.7 Å². The number of anilines is 1. The van der Waals surface area contributed by atoms with Gasteiger partial charge >= 0.3 is 0 Å². The monoisotopic (exact) mass is 322 g/mol. The SMILES string of the molecule is CCCNCc1ccc(Br)cc1N1CC2CCC1C2. The number of hydrogen-bond donors (Lipinski definition) is 1. The van der Waals surface area contributed by atoms with Gasteiger partial charge in [0.2, 0.25) is 0 Å². The first-order chi connectivity index (χ1) is 9.28. The summed E-state index contributed by atoms with van der Waals surface area (Å²) < 4.78 is 1.20. The molecule has 3 heteroatoms. The number of benzene rings is 1. The van der Waals surface area contributed by atoms with Crippen LogP contribution >= 0.6 is 15.9 Å². The van der Waals surface area contributed by atoms with Crippen molar-refractivity contribution in [2.45, 2.75) is 45.2 Å². The molecule has 19 heavy (non-hydrogen) atoms. The lowest BCUT2D eigenvalue weighted by Gasteiger charge is -2.31. The first-order valence-corrected chi connectivity index (χ1v) is 8.33. The molecule has 3 rings (SSSR count). The zero-order chi connectivity index (χ0) is 13.2. The highest BCUT2D eigenvalue weighted by molar-refractivity contribution is 9.10. The van der Waals surface area contributed by atoms with Crippen LogP contribution in [-0.4, -0.2) is 19.1 Å². The molecule has 1 saturated heterocycles. The van der Waals surface area contributed by atoms with Crippen molar-refractivity contribution in [2.75, 3.05) is 18.0 Å². The topological polar surface area (TPSA) is 15.3 Å². The molecule has 1 saturated carbocycles. The number of rotatable bonds is 5. The minimum absolute atomic E-state index is 0.796. The van der Waals surface area contributed by atoms with E-state index in [0.717, 1.165) is 25.0 Å². The maximum atomic E-state index is 3.63. The van der Waals surface area contributed by atoms with E-state index in [9.17, 15) is 0 Å². The van der Waals surface area contributed by atoms with Gasteiger partial charge in [0.25, 0.3) is 0 Å². The zero-order valence-electron chi connectivity index (χ0n) is 11.7. The van der Waals surface area contributed by atoms with Crippen molar-refractivity contribution in [3.63, 3.8) is 0 Å². The maximum absolute atomic E-state index is 3.63. The summed E-state index contributed by atoms with van der Waals surface area (Å²) in [6.07, 6.45) is 5.44. The fourth-order valence-corrected chi connectivity index (χ4v) is 3.92. The van der Waals surface area contributed by atoms with E-state index in [4.69, 9.17) is 0 Å². The van der Waals surface area contributed by atoms with Crippen LogP contribution in [0.5, 0.6) is 0 Å². The van der Waals surface area contributed by atoms with E-state index in [2.05, 4.69) is 51.3 Å². The summed E-state index contributed by atoms with van der Waals surface area (Å²) in [5.41, 5.74) is 2.90. The molecule has 1 heterocycles. The summed E-state index contributed by atoms with van der Waals surface area (Å²) in [6, 6.07) is 7.54. The number of nitrogens with zero attached hydrogens (tertiary/aromatic N) is 1. The number of hydrogen-bond acceptors (Lipinski definition) is 2. The van der Waals surface area contributed by atoms with Crippen LogP contribution in [0.3, 0.4) is 0 Å². The third-order valence-electron chi connectivity index (χ3n) is 4.51. The summed E-state index contributed by atoms with van der Waals surface area (Å²) in [4.78, 5) is 2.65. The Hall–Kier alpha value is -0.540. The van der Waals surface area contributed by atoms with Gasteiger partial charge in [0, 0.05) is 29.3 Å². The highest BCUT2D eigenvalue weighted by atomic mass is 79.9. The molecule has 1 aromatic carbocycles. The van der Waals surface area contributed by atoms with Crippen LogP contribution in [0.4, 0.5) is 5.69 Å². The van der Waals surface area contributed by atoms with E-state index < -0.39 is 0 Å². The Balaban J connectivity index is 1.80. The van der Waals surface area contributed by atoms with Gasteiger partial charge in [-0.05, 0) is 55.8 Å². The molecule has 104 valence electrons. The Morgan fingerprint density at radius 1 is 1.37 bits per heavy atom. The van der Waals surface area contributed by atoms with Gasteiger partial charge in [0.15, 0.2) is 0 Å². The molecular weight excluding hydrogens is 300 g/mol. The smallest absolute Gasteiger partial charge is 0.0425 e. The molecule has 0 spiro atoms. The van der Waals surface area contributed by atoms with Crippen molar-refractivity contribution >= 4 is 21.6 Å². The standard InChI is InChI=1S/C16H23BrN2/c1-2-7-18-10-13-4-5-14(17)9-16(13)19-11-12-3-6-15(19)8-12/h4-5,9,12,15,18H,2-3,6-8,10-11H2,1H3. The van der Waals surface area contributed by atoms with Crippen LogP contribution < -0.4 is 10.2 Å². The molecule has 1 aromatic rings. The third-order valence-corrected chi connectivity index (χ3v) is 5.00. The predicted molar refractivity (Wildman–Crippen MR) is 84.6 cm³/mol. The fourth-order valence-electron chi connectivity index (χ4n) is 3.57. The minimum Gasteiger partial charge on any atom is -0.368 e. The normalized spacial score (nSPS) is 25.3. The number of piperidine rings is 1. The quantitative estimate of drug-likeness (QED) is 0.826. The van der Waals surface area contributed by atoms with E-state index in [1.165, 1.54) is 48.0 Å². The predicted octanol–water partition coefficient (Wildman–Crippen LogP) is 3.94. The molecule has 0 radical (unpaired) electrons. The molecule has 2 aliphatic rings. The summed E-state index contributed by atoms with van der Waals surface area (Å²) in [6.45, 7) is 5.57. The molecule has 2 nitrogen and oxygen atoms in total. The Bertz CT molecular complexity index is 446. The van der Waals surface area contributed by atoms with E-state index in [-0.39, 0.29) is 0 Å². The number of fused-ring (bicyclic) bond motifs is 2. The summed E-state index contributed by atoms with van der Waals surface area (Å²) in [5, 5.41) is 3.54. The summed E-state index contributed by atoms with van der Waals surface area (Å²) in [7, 11) is 0. The van der Waals surface area contributed by atoms with Crippen LogP contribution in [-0.2, 0) is 6.54 Å². The van der Waals surface area contributed by atoms with Crippen molar-refractivity contribution in [3.8, 4) is 0 Å². The largest absolute Gasteiger partial charge is 0.368 e. The van der Waals surface area contributed by atoms with Gasteiger partial charge in [-0.25, -0.2) is 0 Å². The Morgan fingerprint density at radius 2 is 2.26 bits per heavy atom. The zero-order valence-corrected chi connectivity index (χ0v) is 13.2. The van der Waals surface area contributed by atoms with Gasteiger partial charge in [-0.3, -0.25) is 0 Å². The molecule has 0 amide bonds. The second kappa shape index (κ2) is 5.84. The summed E-state index contributed by atoms with van der Waals surface area (Å²) in [5.74, 6) is 0.945. The average Bonchev–Trinajstić information content (AvgIpc) is 3.03. The summed E-state index contributed by atoms with van der Waals surface area (Å²) >= 11 is 3.63. The molecule has 2 unspecified atom stereocenters. The van der Waals surface area contributed by atoms with Gasteiger partial charge in [0.1, 0.15) is 0 Å². The van der Waals surface area contributed by atoms with Crippen molar-refractivity contribution in [3.05, 3.63) is 28.2 Å². The minimum atomic E-state index is 0.796. The van der Waals surface area contributed by atoms with Gasteiger partial charge in [0.05, 0.1) is 0 Å². The van der Waals surface area contributed by atoms with Gasteiger partial charge in [-0.1, -0.05) is 28.9 Å². The van der Waals surface area contributed by atoms with Crippen LogP contribution in [0.1, 0.15) is 38.2 Å². The highest BCUT2D eigenvalue weighted by Gasteiger charge is 2.38. The lowest BCUT2D eigenvalue weighted by Crippen LogP contribution is -2.33. The second-order valence-electron chi connectivity index (χ2n) is 5.94. The van der Waals surface area contributed by atoms with Crippen molar-refractivity contribution < 1.29 is 0 Å². The molecule has 2 atom stereocenters.